The fourth-order valence-electron chi connectivity index (χ4n) is 2.59. The zero-order valence-electron chi connectivity index (χ0n) is 11.0. The second-order valence-electron chi connectivity index (χ2n) is 5.15. The summed E-state index contributed by atoms with van der Waals surface area (Å²) in [6.45, 7) is 0. The SMILES string of the molecule is CN1C(SCc2cccc(F)c2)=N[C@@H]2CS(=O)(=O)C[C@@H]21. The molecular formula is C13H15FN2O2S2. The van der Waals surface area contributed by atoms with E-state index in [1.165, 1.54) is 23.9 Å². The van der Waals surface area contributed by atoms with Crippen LogP contribution in [0.1, 0.15) is 5.56 Å². The van der Waals surface area contributed by atoms with E-state index in [0.717, 1.165) is 10.7 Å². The zero-order valence-corrected chi connectivity index (χ0v) is 12.6. The smallest absolute Gasteiger partial charge is 0.159 e. The van der Waals surface area contributed by atoms with Gasteiger partial charge in [0.1, 0.15) is 5.82 Å². The van der Waals surface area contributed by atoms with Crippen LogP contribution < -0.4 is 0 Å². The zero-order chi connectivity index (χ0) is 14.3. The lowest BCUT2D eigenvalue weighted by Crippen LogP contribution is -2.35. The molecule has 3 rings (SSSR count). The van der Waals surface area contributed by atoms with Gasteiger partial charge in [0.2, 0.25) is 0 Å². The van der Waals surface area contributed by atoms with Crippen molar-refractivity contribution >= 4 is 26.8 Å². The van der Waals surface area contributed by atoms with Gasteiger partial charge in [0.05, 0.1) is 23.6 Å². The molecule has 2 aliphatic rings. The van der Waals surface area contributed by atoms with Crippen LogP contribution >= 0.6 is 11.8 Å². The monoisotopic (exact) mass is 314 g/mol. The van der Waals surface area contributed by atoms with E-state index >= 15 is 0 Å². The van der Waals surface area contributed by atoms with Gasteiger partial charge in [0.15, 0.2) is 15.0 Å². The molecule has 1 aromatic carbocycles. The first-order valence-electron chi connectivity index (χ1n) is 6.33. The highest BCUT2D eigenvalue weighted by atomic mass is 32.2. The first-order chi connectivity index (χ1) is 9.44. The number of fused-ring (bicyclic) bond motifs is 1. The Labute approximate surface area is 122 Å². The molecule has 0 aliphatic carbocycles. The molecule has 1 saturated heterocycles. The van der Waals surface area contributed by atoms with E-state index in [2.05, 4.69) is 4.99 Å². The Balaban J connectivity index is 1.68. The number of halogens is 1. The molecule has 7 heteroatoms. The van der Waals surface area contributed by atoms with Crippen molar-refractivity contribution in [1.82, 2.24) is 4.90 Å². The van der Waals surface area contributed by atoms with Crippen LogP contribution in [0, 0.1) is 5.82 Å². The molecule has 0 aromatic heterocycles. The summed E-state index contributed by atoms with van der Waals surface area (Å²) < 4.78 is 36.2. The number of aliphatic imine (C=N–C) groups is 1. The molecule has 1 fully saturated rings. The molecule has 0 spiro atoms. The summed E-state index contributed by atoms with van der Waals surface area (Å²) in [4.78, 5) is 6.44. The van der Waals surface area contributed by atoms with Crippen molar-refractivity contribution < 1.29 is 12.8 Å². The van der Waals surface area contributed by atoms with E-state index in [4.69, 9.17) is 0 Å². The van der Waals surface area contributed by atoms with E-state index in [9.17, 15) is 12.8 Å². The molecule has 0 bridgehead atoms. The van der Waals surface area contributed by atoms with Gasteiger partial charge in [-0.15, -0.1) is 0 Å². The number of thioether (sulfide) groups is 1. The van der Waals surface area contributed by atoms with Crippen LogP contribution in [-0.2, 0) is 15.6 Å². The maximum absolute atomic E-state index is 13.1. The Morgan fingerprint density at radius 2 is 2.25 bits per heavy atom. The Morgan fingerprint density at radius 3 is 2.95 bits per heavy atom. The average Bonchev–Trinajstić information content (AvgIpc) is 2.81. The van der Waals surface area contributed by atoms with E-state index in [-0.39, 0.29) is 29.4 Å². The topological polar surface area (TPSA) is 49.7 Å². The number of amidine groups is 1. The van der Waals surface area contributed by atoms with Gasteiger partial charge in [-0.1, -0.05) is 23.9 Å². The van der Waals surface area contributed by atoms with Crippen LogP contribution in [0.3, 0.4) is 0 Å². The Hall–Kier alpha value is -1.08. The van der Waals surface area contributed by atoms with Gasteiger partial charge in [0, 0.05) is 12.8 Å². The van der Waals surface area contributed by atoms with Crippen LogP contribution in [0.15, 0.2) is 29.3 Å². The maximum Gasteiger partial charge on any atom is 0.159 e. The molecule has 0 N–H and O–H groups in total. The fourth-order valence-corrected chi connectivity index (χ4v) is 5.54. The second kappa shape index (κ2) is 5.04. The van der Waals surface area contributed by atoms with Crippen LogP contribution in [0.2, 0.25) is 0 Å². The van der Waals surface area contributed by atoms with Gasteiger partial charge in [-0.3, -0.25) is 4.99 Å². The molecule has 2 atom stereocenters. The first kappa shape index (κ1) is 13.9. The third kappa shape index (κ3) is 2.69. The molecule has 4 nitrogen and oxygen atoms in total. The summed E-state index contributed by atoms with van der Waals surface area (Å²) in [5, 5.41) is 0.846. The van der Waals surface area contributed by atoms with Gasteiger partial charge in [0.25, 0.3) is 0 Å². The third-order valence-electron chi connectivity index (χ3n) is 3.63. The van der Waals surface area contributed by atoms with E-state index < -0.39 is 9.84 Å². The van der Waals surface area contributed by atoms with Crippen molar-refractivity contribution in [2.75, 3.05) is 18.6 Å². The van der Waals surface area contributed by atoms with Crippen molar-refractivity contribution in [2.24, 2.45) is 4.99 Å². The Kier molecular flexibility index (Phi) is 3.50. The minimum absolute atomic E-state index is 0.0324. The summed E-state index contributed by atoms with van der Waals surface area (Å²) in [5.41, 5.74) is 0.899. The van der Waals surface area contributed by atoms with Gasteiger partial charge in [-0.25, -0.2) is 12.8 Å². The van der Waals surface area contributed by atoms with Crippen LogP contribution in [0.25, 0.3) is 0 Å². The van der Waals surface area contributed by atoms with Crippen molar-refractivity contribution in [3.8, 4) is 0 Å². The minimum atomic E-state index is -2.94. The standard InChI is InChI=1S/C13H15FN2O2S2/c1-16-12-8-20(17,18)7-11(12)15-13(16)19-6-9-3-2-4-10(14)5-9/h2-5,11-12H,6-8H2,1H3/t11-,12+/m1/s1. The van der Waals surface area contributed by atoms with E-state index in [1.54, 1.807) is 6.07 Å². The number of rotatable bonds is 2. The van der Waals surface area contributed by atoms with E-state index in [0.29, 0.717) is 5.75 Å². The lowest BCUT2D eigenvalue weighted by Gasteiger charge is -2.20. The lowest BCUT2D eigenvalue weighted by atomic mass is 10.2. The van der Waals surface area contributed by atoms with Crippen molar-refractivity contribution in [2.45, 2.75) is 17.8 Å². The molecule has 20 heavy (non-hydrogen) atoms. The quantitative estimate of drug-likeness (QED) is 0.830. The molecule has 2 aliphatic heterocycles. The number of hydrogen-bond acceptors (Lipinski definition) is 5. The predicted molar refractivity (Wildman–Crippen MR) is 79.1 cm³/mol. The number of hydrogen-bond donors (Lipinski definition) is 0. The maximum atomic E-state index is 13.1. The largest absolute Gasteiger partial charge is 0.348 e. The van der Waals surface area contributed by atoms with Gasteiger partial charge in [-0.2, -0.15) is 0 Å². The molecule has 0 amide bonds. The number of benzene rings is 1. The molecule has 2 heterocycles. The average molecular weight is 314 g/mol. The summed E-state index contributed by atoms with van der Waals surface area (Å²) in [6.07, 6.45) is 0. The first-order valence-corrected chi connectivity index (χ1v) is 9.14. The van der Waals surface area contributed by atoms with Gasteiger partial charge in [-0.05, 0) is 17.7 Å². The molecule has 0 saturated carbocycles. The van der Waals surface area contributed by atoms with Gasteiger partial charge >= 0.3 is 0 Å². The Morgan fingerprint density at radius 1 is 1.45 bits per heavy atom. The number of nitrogens with zero attached hydrogens (tertiary/aromatic N) is 2. The molecule has 1 aromatic rings. The van der Waals surface area contributed by atoms with Crippen LogP contribution in [0.4, 0.5) is 4.39 Å². The predicted octanol–water partition coefficient (Wildman–Crippen LogP) is 1.53. The summed E-state index contributed by atoms with van der Waals surface area (Å²) in [7, 11) is -1.06. The molecule has 0 unspecified atom stereocenters. The van der Waals surface area contributed by atoms with Crippen molar-refractivity contribution in [3.05, 3.63) is 35.6 Å². The normalized spacial score (nSPS) is 27.5. The second-order valence-corrected chi connectivity index (χ2v) is 8.25. The van der Waals surface area contributed by atoms with Gasteiger partial charge < -0.3 is 4.90 Å². The highest BCUT2D eigenvalue weighted by Crippen LogP contribution is 2.30. The molecule has 108 valence electrons. The number of sulfone groups is 1. The van der Waals surface area contributed by atoms with E-state index in [1.807, 2.05) is 18.0 Å². The summed E-state index contributed by atoms with van der Waals surface area (Å²) in [6, 6.07) is 6.31. The van der Waals surface area contributed by atoms with Crippen molar-refractivity contribution in [3.63, 3.8) is 0 Å². The fraction of sp³-hybridized carbons (Fsp3) is 0.462. The lowest BCUT2D eigenvalue weighted by molar-refractivity contribution is 0.410. The molecule has 0 radical (unpaired) electrons. The highest BCUT2D eigenvalue weighted by molar-refractivity contribution is 8.13. The third-order valence-corrected chi connectivity index (χ3v) is 6.45. The van der Waals surface area contributed by atoms with Crippen LogP contribution in [-0.4, -0.2) is 49.1 Å². The number of likely N-dealkylation sites (N-methyl/N-ethyl adjacent to an activating group) is 1. The van der Waals surface area contributed by atoms with Crippen molar-refractivity contribution in [1.29, 1.82) is 0 Å². The van der Waals surface area contributed by atoms with Crippen LogP contribution in [0.5, 0.6) is 0 Å². The highest BCUT2D eigenvalue weighted by Gasteiger charge is 2.44. The summed E-state index contributed by atoms with van der Waals surface area (Å²) >= 11 is 1.53. The molecular weight excluding hydrogens is 299 g/mol. The Bertz CT molecular complexity index is 660. The summed E-state index contributed by atoms with van der Waals surface area (Å²) in [5.74, 6) is 0.716. The minimum Gasteiger partial charge on any atom is -0.348 e.